The lowest BCUT2D eigenvalue weighted by Crippen LogP contribution is -2.36. The van der Waals surface area contributed by atoms with Crippen LogP contribution in [0.15, 0.2) is 24.3 Å². The van der Waals surface area contributed by atoms with E-state index in [0.29, 0.717) is 12.1 Å². The number of hydrogen-bond acceptors (Lipinski definition) is 4. The average molecular weight is 334 g/mol. The molecule has 0 fully saturated rings. The summed E-state index contributed by atoms with van der Waals surface area (Å²) in [6, 6.07) is 6.76. The molecule has 0 aromatic heterocycles. The summed E-state index contributed by atoms with van der Waals surface area (Å²) in [4.78, 5) is 33.4. The fourth-order valence-corrected chi connectivity index (χ4v) is 2.27. The predicted octanol–water partition coefficient (Wildman–Crippen LogP) is 0.806. The monoisotopic (exact) mass is 334 g/mol. The first-order valence-corrected chi connectivity index (χ1v) is 8.10. The van der Waals surface area contributed by atoms with Crippen LogP contribution in [0.4, 0.5) is 5.69 Å². The summed E-state index contributed by atoms with van der Waals surface area (Å²) in [6.07, 6.45) is 4.25. The van der Waals surface area contributed by atoms with Gasteiger partial charge < -0.3 is 22.5 Å². The minimum absolute atomic E-state index is 0.0833. The Morgan fingerprint density at radius 2 is 1.71 bits per heavy atom. The minimum Gasteiger partial charge on any atom is -0.370 e. The van der Waals surface area contributed by atoms with Crippen LogP contribution >= 0.6 is 0 Å². The number of nitrogens with two attached hydrogens (primary N) is 3. The Morgan fingerprint density at radius 3 is 2.38 bits per heavy atom. The van der Waals surface area contributed by atoms with E-state index in [0.717, 1.165) is 31.2 Å². The first-order valence-electron chi connectivity index (χ1n) is 8.10. The van der Waals surface area contributed by atoms with Crippen LogP contribution in [0.1, 0.15) is 44.1 Å². The number of carbonyl (C=O) groups is 3. The molecule has 132 valence electrons. The van der Waals surface area contributed by atoms with Crippen molar-refractivity contribution in [1.82, 2.24) is 0 Å². The number of nitrogens with one attached hydrogen (secondary N) is 1. The lowest BCUT2D eigenvalue weighted by Gasteiger charge is -2.12. The van der Waals surface area contributed by atoms with Gasteiger partial charge in [0.25, 0.3) is 0 Å². The van der Waals surface area contributed by atoms with Crippen molar-refractivity contribution in [2.24, 2.45) is 17.2 Å². The highest BCUT2D eigenvalue weighted by atomic mass is 16.2. The van der Waals surface area contributed by atoms with Gasteiger partial charge in [0.15, 0.2) is 0 Å². The summed E-state index contributed by atoms with van der Waals surface area (Å²) in [5.74, 6) is -1.08. The molecule has 0 unspecified atom stereocenters. The lowest BCUT2D eigenvalue weighted by atomic mass is 10.1. The van der Waals surface area contributed by atoms with E-state index in [1.165, 1.54) is 0 Å². The van der Waals surface area contributed by atoms with Gasteiger partial charge in [-0.05, 0) is 43.4 Å². The molecule has 0 spiro atoms. The van der Waals surface area contributed by atoms with Crippen LogP contribution in [0.25, 0.3) is 0 Å². The van der Waals surface area contributed by atoms with E-state index in [1.807, 2.05) is 18.2 Å². The molecule has 3 amide bonds. The summed E-state index contributed by atoms with van der Waals surface area (Å²) in [6.45, 7) is 0. The molecule has 0 aliphatic heterocycles. The second kappa shape index (κ2) is 10.4. The average Bonchev–Trinajstić information content (AvgIpc) is 2.52. The summed E-state index contributed by atoms with van der Waals surface area (Å²) < 4.78 is 0. The molecule has 24 heavy (non-hydrogen) atoms. The Labute approximate surface area is 141 Å². The fraction of sp³-hybridized carbons (Fsp3) is 0.471. The van der Waals surface area contributed by atoms with Crippen LogP contribution in [-0.2, 0) is 20.8 Å². The van der Waals surface area contributed by atoms with Gasteiger partial charge >= 0.3 is 0 Å². The number of primary amides is 2. The molecule has 1 rings (SSSR count). The van der Waals surface area contributed by atoms with Crippen LogP contribution in [0.5, 0.6) is 0 Å². The first kappa shape index (κ1) is 19.6. The van der Waals surface area contributed by atoms with Crippen LogP contribution in [0, 0.1) is 0 Å². The summed E-state index contributed by atoms with van der Waals surface area (Å²) >= 11 is 0. The zero-order valence-electron chi connectivity index (χ0n) is 13.8. The third kappa shape index (κ3) is 8.28. The second-order valence-corrected chi connectivity index (χ2v) is 5.83. The van der Waals surface area contributed by atoms with Crippen molar-refractivity contribution in [2.75, 3.05) is 5.32 Å². The van der Waals surface area contributed by atoms with Gasteiger partial charge in [-0.15, -0.1) is 0 Å². The maximum atomic E-state index is 12.0. The highest BCUT2D eigenvalue weighted by Gasteiger charge is 2.14. The molecule has 0 radical (unpaired) electrons. The van der Waals surface area contributed by atoms with E-state index in [1.54, 1.807) is 6.07 Å². The van der Waals surface area contributed by atoms with E-state index >= 15 is 0 Å². The second-order valence-electron chi connectivity index (χ2n) is 5.83. The van der Waals surface area contributed by atoms with Crippen molar-refractivity contribution in [3.05, 3.63) is 29.8 Å². The normalized spacial score (nSPS) is 11.7. The van der Waals surface area contributed by atoms with E-state index in [4.69, 9.17) is 17.2 Å². The maximum absolute atomic E-state index is 12.0. The van der Waals surface area contributed by atoms with Gasteiger partial charge in [0.2, 0.25) is 17.7 Å². The highest BCUT2D eigenvalue weighted by molar-refractivity contribution is 5.95. The van der Waals surface area contributed by atoms with Crippen molar-refractivity contribution >= 4 is 23.4 Å². The standard InChI is InChI=1S/C17H26N4O3/c18-14(9-10-16(20)23)17(24)21-13-7-4-6-12(11-13)5-2-1-3-8-15(19)22/h4,6-7,11,14H,1-3,5,8-10,18H2,(H2,19,22)(H2,20,23)(H,21,24)/t14-/m0/s1. The van der Waals surface area contributed by atoms with Crippen molar-refractivity contribution < 1.29 is 14.4 Å². The SMILES string of the molecule is NC(=O)CCCCCc1cccc(NC(=O)[C@@H](N)CCC(N)=O)c1. The van der Waals surface area contributed by atoms with Gasteiger partial charge in [-0.2, -0.15) is 0 Å². The topological polar surface area (TPSA) is 141 Å². The van der Waals surface area contributed by atoms with Crippen LogP contribution in [0.2, 0.25) is 0 Å². The van der Waals surface area contributed by atoms with Crippen molar-refractivity contribution in [2.45, 2.75) is 51.0 Å². The van der Waals surface area contributed by atoms with E-state index in [9.17, 15) is 14.4 Å². The van der Waals surface area contributed by atoms with Gasteiger partial charge in [0, 0.05) is 18.5 Å². The number of rotatable bonds is 11. The number of carbonyl (C=O) groups excluding carboxylic acids is 3. The maximum Gasteiger partial charge on any atom is 0.241 e. The Balaban J connectivity index is 2.42. The smallest absolute Gasteiger partial charge is 0.241 e. The molecule has 1 aromatic carbocycles. The third-order valence-electron chi connectivity index (χ3n) is 3.62. The molecular formula is C17H26N4O3. The molecule has 0 heterocycles. The van der Waals surface area contributed by atoms with Crippen molar-refractivity contribution in [1.29, 1.82) is 0 Å². The van der Waals surface area contributed by atoms with Crippen molar-refractivity contribution in [3.8, 4) is 0 Å². The fourth-order valence-electron chi connectivity index (χ4n) is 2.27. The molecular weight excluding hydrogens is 308 g/mol. The van der Waals surface area contributed by atoms with Gasteiger partial charge in [-0.1, -0.05) is 18.6 Å². The van der Waals surface area contributed by atoms with Gasteiger partial charge in [0.1, 0.15) is 0 Å². The molecule has 0 aliphatic rings. The summed E-state index contributed by atoms with van der Waals surface area (Å²) in [5, 5.41) is 2.75. The number of amides is 3. The molecule has 0 aliphatic carbocycles. The molecule has 1 atom stereocenters. The van der Waals surface area contributed by atoms with E-state index < -0.39 is 11.9 Å². The lowest BCUT2D eigenvalue weighted by molar-refractivity contribution is -0.120. The summed E-state index contributed by atoms with van der Waals surface area (Å²) in [5.41, 5.74) is 17.6. The summed E-state index contributed by atoms with van der Waals surface area (Å²) in [7, 11) is 0. The Hall–Kier alpha value is -2.41. The Kier molecular flexibility index (Phi) is 8.49. The Bertz CT molecular complexity index is 575. The van der Waals surface area contributed by atoms with E-state index in [2.05, 4.69) is 5.32 Å². The van der Waals surface area contributed by atoms with E-state index in [-0.39, 0.29) is 24.7 Å². The number of hydrogen-bond donors (Lipinski definition) is 4. The highest BCUT2D eigenvalue weighted by Crippen LogP contribution is 2.14. The third-order valence-corrected chi connectivity index (χ3v) is 3.62. The number of anilines is 1. The molecule has 7 heteroatoms. The van der Waals surface area contributed by atoms with Gasteiger partial charge in [0.05, 0.1) is 6.04 Å². The molecule has 0 saturated carbocycles. The minimum atomic E-state index is -0.769. The zero-order chi connectivity index (χ0) is 17.9. The number of unbranched alkanes of at least 4 members (excludes halogenated alkanes) is 2. The van der Waals surface area contributed by atoms with Crippen LogP contribution in [0.3, 0.4) is 0 Å². The molecule has 7 N–H and O–H groups in total. The van der Waals surface area contributed by atoms with Gasteiger partial charge in [-0.25, -0.2) is 0 Å². The van der Waals surface area contributed by atoms with Crippen LogP contribution in [-0.4, -0.2) is 23.8 Å². The largest absolute Gasteiger partial charge is 0.370 e. The number of aryl methyl sites for hydroxylation is 1. The Morgan fingerprint density at radius 1 is 1.00 bits per heavy atom. The molecule has 7 nitrogen and oxygen atoms in total. The first-order chi connectivity index (χ1) is 11.4. The van der Waals surface area contributed by atoms with Crippen LogP contribution < -0.4 is 22.5 Å². The quantitative estimate of drug-likeness (QED) is 0.444. The predicted molar refractivity (Wildman–Crippen MR) is 92.8 cm³/mol. The molecule has 1 aromatic rings. The van der Waals surface area contributed by atoms with Crippen molar-refractivity contribution in [3.63, 3.8) is 0 Å². The zero-order valence-corrected chi connectivity index (χ0v) is 13.8. The van der Waals surface area contributed by atoms with Gasteiger partial charge in [-0.3, -0.25) is 14.4 Å². The molecule has 0 bridgehead atoms. The molecule has 0 saturated heterocycles. The number of benzene rings is 1.